The minimum absolute atomic E-state index is 0. The van der Waals surface area contributed by atoms with Crippen molar-refractivity contribution in [2.45, 2.75) is 32.6 Å². The van der Waals surface area contributed by atoms with Crippen molar-refractivity contribution in [1.29, 1.82) is 0 Å². The Kier molecular flexibility index (Phi) is 4.88. The minimum Gasteiger partial charge on any atom is -0.565 e. The molecule has 1 saturated carbocycles. The molecule has 0 aromatic heterocycles. The predicted octanol–water partition coefficient (Wildman–Crippen LogP) is 2.10. The molecule has 1 fully saturated rings. The van der Waals surface area contributed by atoms with Crippen LogP contribution in [0.5, 0.6) is 0 Å². The molecule has 1 aliphatic rings. The zero-order valence-corrected chi connectivity index (χ0v) is 9.63. The second-order valence-corrected chi connectivity index (χ2v) is 2.70. The van der Waals surface area contributed by atoms with E-state index in [1.54, 1.807) is 0 Å². The number of hydrogen-bond donors (Lipinski definition) is 1. The fourth-order valence-corrected chi connectivity index (χ4v) is 1.20. The normalized spacial score (nSPS) is 22.0. The van der Waals surface area contributed by atoms with E-state index in [1.807, 2.05) is 0 Å². The van der Waals surface area contributed by atoms with E-state index in [-0.39, 0.29) is 46.7 Å². The van der Waals surface area contributed by atoms with E-state index in [1.165, 1.54) is 25.9 Å². The molecule has 0 aliphatic heterocycles. The monoisotopic (exact) mass is 254 g/mol. The Morgan fingerprint density at radius 1 is 1.56 bits per heavy atom. The third-order valence-corrected chi connectivity index (χ3v) is 2.33. The molecule has 1 rings (SSSR count). The standard InChI is InChI=1S/C7H13O.Pr/c1-2-7(6-8)4-3-5-7;/h6,8H,2-5H2,1H3;/q-1;. The molecule has 2 heteroatoms. The fraction of sp³-hybridized carbons (Fsp3) is 0.857. The molecule has 1 radical (unpaired) electrons. The van der Waals surface area contributed by atoms with Gasteiger partial charge in [-0.1, -0.05) is 32.6 Å². The van der Waals surface area contributed by atoms with Crippen LogP contribution in [0.4, 0.5) is 0 Å². The molecule has 1 N–H and O–H groups in total. The zero-order chi connectivity index (χ0) is 6.04. The number of rotatable bonds is 2. The third kappa shape index (κ3) is 2.13. The van der Waals surface area contributed by atoms with Gasteiger partial charge < -0.3 is 5.11 Å². The van der Waals surface area contributed by atoms with Crippen molar-refractivity contribution in [2.24, 2.45) is 5.41 Å². The molecule has 1 nitrogen and oxygen atoms in total. The Bertz CT molecular complexity index is 65.5. The molecule has 51 valence electrons. The van der Waals surface area contributed by atoms with E-state index in [4.69, 9.17) is 5.11 Å². The quantitative estimate of drug-likeness (QED) is 0.748. The Morgan fingerprint density at radius 3 is 2.11 bits per heavy atom. The first kappa shape index (κ1) is 10.3. The van der Waals surface area contributed by atoms with Gasteiger partial charge in [0, 0.05) is 41.3 Å². The second kappa shape index (κ2) is 4.25. The first-order chi connectivity index (χ1) is 3.83. The molecule has 0 spiro atoms. The van der Waals surface area contributed by atoms with Gasteiger partial charge in [-0.05, 0) is 0 Å². The minimum atomic E-state index is 0. The van der Waals surface area contributed by atoms with E-state index >= 15 is 0 Å². The van der Waals surface area contributed by atoms with E-state index in [2.05, 4.69) is 6.92 Å². The van der Waals surface area contributed by atoms with Crippen LogP contribution in [-0.4, -0.2) is 5.11 Å². The summed E-state index contributed by atoms with van der Waals surface area (Å²) in [5.41, 5.74) is 0.236. The molecule has 1 aliphatic carbocycles. The van der Waals surface area contributed by atoms with Crippen molar-refractivity contribution in [3.63, 3.8) is 0 Å². The number of aliphatic hydroxyl groups is 1. The Morgan fingerprint density at radius 2 is 2.11 bits per heavy atom. The van der Waals surface area contributed by atoms with Crippen LogP contribution in [0.1, 0.15) is 32.6 Å². The average Bonchev–Trinajstić information content (AvgIpc) is 1.67. The van der Waals surface area contributed by atoms with Crippen molar-refractivity contribution < 1.29 is 46.4 Å². The van der Waals surface area contributed by atoms with Crippen LogP contribution in [0.2, 0.25) is 0 Å². The third-order valence-electron chi connectivity index (χ3n) is 2.33. The van der Waals surface area contributed by atoms with Crippen molar-refractivity contribution in [3.8, 4) is 0 Å². The molecular formula is C7H13OPr-. The summed E-state index contributed by atoms with van der Waals surface area (Å²) in [6.45, 7) is 3.52. The first-order valence-electron chi connectivity index (χ1n) is 3.31. The summed E-state index contributed by atoms with van der Waals surface area (Å²) in [5, 5.41) is 8.71. The van der Waals surface area contributed by atoms with E-state index in [9.17, 15) is 0 Å². The molecule has 0 atom stereocenters. The summed E-state index contributed by atoms with van der Waals surface area (Å²) in [6.07, 6.45) is 4.79. The van der Waals surface area contributed by atoms with Crippen molar-refractivity contribution >= 4 is 0 Å². The summed E-state index contributed by atoms with van der Waals surface area (Å²) in [7, 11) is 0. The molecular weight excluding hydrogens is 241 g/mol. The van der Waals surface area contributed by atoms with Gasteiger partial charge in [0.15, 0.2) is 0 Å². The fourth-order valence-electron chi connectivity index (χ4n) is 1.20. The second-order valence-electron chi connectivity index (χ2n) is 2.70. The van der Waals surface area contributed by atoms with Gasteiger partial charge in [0.05, 0.1) is 0 Å². The van der Waals surface area contributed by atoms with Crippen LogP contribution in [0, 0.1) is 53.3 Å². The van der Waals surface area contributed by atoms with Crippen molar-refractivity contribution in [2.75, 3.05) is 0 Å². The van der Waals surface area contributed by atoms with Gasteiger partial charge in [0.2, 0.25) is 0 Å². The van der Waals surface area contributed by atoms with Gasteiger partial charge in [-0.25, -0.2) is 6.61 Å². The van der Waals surface area contributed by atoms with Crippen LogP contribution in [-0.2, 0) is 0 Å². The molecule has 0 heterocycles. The van der Waals surface area contributed by atoms with Gasteiger partial charge in [-0.15, -0.1) is 5.41 Å². The topological polar surface area (TPSA) is 20.2 Å². The molecule has 9 heavy (non-hydrogen) atoms. The maximum absolute atomic E-state index is 8.71. The van der Waals surface area contributed by atoms with E-state index in [0.29, 0.717) is 0 Å². The number of hydrogen-bond acceptors (Lipinski definition) is 1. The van der Waals surface area contributed by atoms with Crippen LogP contribution in [0.3, 0.4) is 0 Å². The Hall–Kier alpha value is 1.32. The molecule has 0 unspecified atom stereocenters. The van der Waals surface area contributed by atoms with Gasteiger partial charge >= 0.3 is 0 Å². The van der Waals surface area contributed by atoms with Gasteiger partial charge in [-0.2, -0.15) is 0 Å². The van der Waals surface area contributed by atoms with Crippen LogP contribution >= 0.6 is 0 Å². The molecule has 0 aromatic carbocycles. The van der Waals surface area contributed by atoms with Gasteiger partial charge in [0.1, 0.15) is 0 Å². The summed E-state index contributed by atoms with van der Waals surface area (Å²) < 4.78 is 0. The Balaban J connectivity index is 0.000000640. The maximum atomic E-state index is 8.71. The molecule has 0 amide bonds. The average molecular weight is 254 g/mol. The van der Waals surface area contributed by atoms with Crippen molar-refractivity contribution in [1.82, 2.24) is 0 Å². The van der Waals surface area contributed by atoms with Gasteiger partial charge in [0.25, 0.3) is 0 Å². The first-order valence-corrected chi connectivity index (χ1v) is 3.31. The Labute approximate surface area is 90.2 Å². The smallest absolute Gasteiger partial charge is 0 e. The molecule has 0 bridgehead atoms. The SMILES string of the molecule is CCC1([CH-]O)CCC1.[Pr]. The predicted molar refractivity (Wildman–Crippen MR) is 32.8 cm³/mol. The largest absolute Gasteiger partial charge is 0.565 e. The summed E-state index contributed by atoms with van der Waals surface area (Å²) in [4.78, 5) is 0. The zero-order valence-electron chi connectivity index (χ0n) is 5.93. The van der Waals surface area contributed by atoms with Crippen LogP contribution < -0.4 is 0 Å². The number of aliphatic hydroxyl groups excluding tert-OH is 1. The molecule has 0 aromatic rings. The van der Waals surface area contributed by atoms with Crippen LogP contribution in [0.15, 0.2) is 0 Å². The molecule has 0 saturated heterocycles. The summed E-state index contributed by atoms with van der Waals surface area (Å²) in [5.74, 6) is 0. The summed E-state index contributed by atoms with van der Waals surface area (Å²) in [6, 6.07) is 0. The van der Waals surface area contributed by atoms with E-state index < -0.39 is 0 Å². The maximum Gasteiger partial charge on any atom is 0 e. The van der Waals surface area contributed by atoms with Gasteiger partial charge in [-0.3, -0.25) is 0 Å². The van der Waals surface area contributed by atoms with E-state index in [0.717, 1.165) is 6.42 Å². The van der Waals surface area contributed by atoms with Crippen molar-refractivity contribution in [3.05, 3.63) is 6.61 Å². The van der Waals surface area contributed by atoms with Crippen LogP contribution in [0.25, 0.3) is 0 Å². The summed E-state index contributed by atoms with van der Waals surface area (Å²) >= 11 is 0.